The van der Waals surface area contributed by atoms with Crippen LogP contribution in [0, 0.1) is 10.8 Å². The highest BCUT2D eigenvalue weighted by Crippen LogP contribution is 2.29. The first-order valence-corrected chi connectivity index (χ1v) is 5.47. The molecule has 0 atom stereocenters. The average molecular weight is 202 g/mol. The summed E-state index contributed by atoms with van der Waals surface area (Å²) in [5.41, 5.74) is 1.39. The van der Waals surface area contributed by atoms with E-state index in [1.165, 1.54) is 6.42 Å². The van der Waals surface area contributed by atoms with Crippen LogP contribution in [0.3, 0.4) is 0 Å². The molecule has 15 heavy (non-hydrogen) atoms. The van der Waals surface area contributed by atoms with Gasteiger partial charge in [0, 0.05) is 18.7 Å². The third-order valence-corrected chi connectivity index (χ3v) is 3.04. The van der Waals surface area contributed by atoms with Crippen LogP contribution in [0.25, 0.3) is 0 Å². The minimum Gasteiger partial charge on any atom is -0.356 e. The molecule has 0 saturated carbocycles. The lowest BCUT2D eigenvalue weighted by Crippen LogP contribution is -2.30. The lowest BCUT2D eigenvalue weighted by atomic mass is 9.93. The average Bonchev–Trinajstić information content (AvgIpc) is 2.59. The van der Waals surface area contributed by atoms with E-state index in [1.54, 1.807) is 0 Å². The topological polar surface area (TPSA) is 27.1 Å². The van der Waals surface area contributed by atoms with Crippen LogP contribution in [0.5, 0.6) is 0 Å². The van der Waals surface area contributed by atoms with Gasteiger partial charge in [-0.2, -0.15) is 0 Å². The summed E-state index contributed by atoms with van der Waals surface area (Å²) in [4.78, 5) is 2.18. The summed E-state index contributed by atoms with van der Waals surface area (Å²) in [5.74, 6) is 0.668. The van der Waals surface area contributed by atoms with Gasteiger partial charge in [0.25, 0.3) is 0 Å². The number of nitrogens with one attached hydrogen (secondary N) is 1. The maximum atomic E-state index is 8.13. The molecule has 80 valence electrons. The molecule has 0 aliphatic carbocycles. The van der Waals surface area contributed by atoms with E-state index in [4.69, 9.17) is 5.41 Å². The Kier molecular flexibility index (Phi) is 2.51. The first-order chi connectivity index (χ1) is 7.08. The van der Waals surface area contributed by atoms with Crippen molar-refractivity contribution in [2.24, 2.45) is 5.41 Å². The van der Waals surface area contributed by atoms with Crippen LogP contribution in [-0.2, 0) is 0 Å². The smallest absolute Gasteiger partial charge is 0.128 e. The Labute approximate surface area is 91.4 Å². The number of nitrogens with zero attached hydrogens (tertiary/aromatic N) is 1. The van der Waals surface area contributed by atoms with Gasteiger partial charge in [0.1, 0.15) is 5.84 Å². The van der Waals surface area contributed by atoms with Crippen molar-refractivity contribution < 1.29 is 0 Å². The van der Waals surface area contributed by atoms with E-state index in [-0.39, 0.29) is 0 Å². The number of hydrogen-bond acceptors (Lipinski definition) is 1. The molecule has 1 heterocycles. The molecule has 1 aromatic carbocycles. The van der Waals surface area contributed by atoms with Gasteiger partial charge in [-0.25, -0.2) is 0 Å². The van der Waals surface area contributed by atoms with E-state index in [0.717, 1.165) is 18.7 Å². The zero-order valence-corrected chi connectivity index (χ0v) is 9.46. The number of benzene rings is 1. The van der Waals surface area contributed by atoms with Crippen molar-refractivity contribution in [2.45, 2.75) is 20.3 Å². The van der Waals surface area contributed by atoms with Crippen molar-refractivity contribution in [2.75, 3.05) is 13.1 Å². The van der Waals surface area contributed by atoms with Crippen molar-refractivity contribution in [1.82, 2.24) is 4.90 Å². The third kappa shape index (κ3) is 2.20. The number of hydrogen-bond donors (Lipinski definition) is 1. The summed E-state index contributed by atoms with van der Waals surface area (Å²) in [6, 6.07) is 9.99. The molecule has 2 heteroatoms. The van der Waals surface area contributed by atoms with Gasteiger partial charge in [-0.15, -0.1) is 0 Å². The maximum absolute atomic E-state index is 8.13. The highest BCUT2D eigenvalue weighted by Gasteiger charge is 2.30. The first kappa shape index (κ1) is 10.2. The summed E-state index contributed by atoms with van der Waals surface area (Å²) in [5, 5.41) is 8.13. The van der Waals surface area contributed by atoms with Crippen molar-refractivity contribution in [3.63, 3.8) is 0 Å². The van der Waals surface area contributed by atoms with Gasteiger partial charge in [0.2, 0.25) is 0 Å². The van der Waals surface area contributed by atoms with Crippen LogP contribution >= 0.6 is 0 Å². The van der Waals surface area contributed by atoms with Gasteiger partial charge in [0.15, 0.2) is 0 Å². The van der Waals surface area contributed by atoms with Crippen LogP contribution < -0.4 is 0 Å². The molecule has 0 spiro atoms. The molecule has 1 aliphatic rings. The Morgan fingerprint density at radius 2 is 1.93 bits per heavy atom. The summed E-state index contributed by atoms with van der Waals surface area (Å²) >= 11 is 0. The van der Waals surface area contributed by atoms with Gasteiger partial charge in [-0.3, -0.25) is 5.41 Å². The Bertz CT molecular complexity index is 354. The Hall–Kier alpha value is -1.31. The molecule has 1 aliphatic heterocycles. The minimum atomic E-state index is 0.362. The van der Waals surface area contributed by atoms with Crippen LogP contribution in [0.4, 0.5) is 0 Å². The second kappa shape index (κ2) is 3.69. The summed E-state index contributed by atoms with van der Waals surface area (Å²) in [6.07, 6.45) is 1.18. The van der Waals surface area contributed by atoms with Crippen LogP contribution in [0.2, 0.25) is 0 Å². The van der Waals surface area contributed by atoms with Crippen molar-refractivity contribution >= 4 is 5.84 Å². The molecular formula is C13H18N2. The van der Waals surface area contributed by atoms with Crippen LogP contribution in [0.15, 0.2) is 30.3 Å². The predicted molar refractivity (Wildman–Crippen MR) is 63.2 cm³/mol. The van der Waals surface area contributed by atoms with Gasteiger partial charge in [-0.1, -0.05) is 44.2 Å². The molecule has 0 aromatic heterocycles. The summed E-state index contributed by atoms with van der Waals surface area (Å²) in [7, 11) is 0. The Balaban J connectivity index is 2.11. The molecule has 2 nitrogen and oxygen atoms in total. The second-order valence-corrected chi connectivity index (χ2v) is 5.05. The van der Waals surface area contributed by atoms with E-state index >= 15 is 0 Å². The van der Waals surface area contributed by atoms with Crippen LogP contribution in [-0.4, -0.2) is 23.8 Å². The monoisotopic (exact) mass is 202 g/mol. The third-order valence-electron chi connectivity index (χ3n) is 3.04. The van der Waals surface area contributed by atoms with E-state index in [9.17, 15) is 0 Å². The molecule has 1 aromatic rings. The lowest BCUT2D eigenvalue weighted by molar-refractivity contribution is 0.375. The number of rotatable bonds is 1. The fourth-order valence-electron chi connectivity index (χ4n) is 2.08. The van der Waals surface area contributed by atoms with E-state index in [0.29, 0.717) is 11.3 Å². The summed E-state index contributed by atoms with van der Waals surface area (Å²) < 4.78 is 0. The van der Waals surface area contributed by atoms with Crippen molar-refractivity contribution in [3.8, 4) is 0 Å². The van der Waals surface area contributed by atoms with E-state index in [1.807, 2.05) is 30.3 Å². The maximum Gasteiger partial charge on any atom is 0.128 e. The Morgan fingerprint density at radius 1 is 1.27 bits per heavy atom. The zero-order valence-electron chi connectivity index (χ0n) is 9.46. The fourth-order valence-corrected chi connectivity index (χ4v) is 2.08. The molecule has 0 unspecified atom stereocenters. The van der Waals surface area contributed by atoms with Gasteiger partial charge < -0.3 is 4.90 Å². The minimum absolute atomic E-state index is 0.362. The molecule has 0 amide bonds. The molecule has 0 radical (unpaired) electrons. The van der Waals surface area contributed by atoms with Crippen molar-refractivity contribution in [1.29, 1.82) is 5.41 Å². The molecule has 1 N–H and O–H groups in total. The molecule has 1 saturated heterocycles. The van der Waals surface area contributed by atoms with Gasteiger partial charge >= 0.3 is 0 Å². The largest absolute Gasteiger partial charge is 0.356 e. The SMILES string of the molecule is CC1(C)CCN(C(=N)c2ccccc2)C1. The fraction of sp³-hybridized carbons (Fsp3) is 0.462. The molecule has 2 rings (SSSR count). The van der Waals surface area contributed by atoms with E-state index in [2.05, 4.69) is 18.7 Å². The standard InChI is InChI=1S/C13H18N2/c1-13(2)8-9-15(10-13)12(14)11-6-4-3-5-7-11/h3-7,14H,8-10H2,1-2H3. The second-order valence-electron chi connectivity index (χ2n) is 5.05. The lowest BCUT2D eigenvalue weighted by Gasteiger charge is -2.22. The number of likely N-dealkylation sites (tertiary alicyclic amines) is 1. The molecular weight excluding hydrogens is 184 g/mol. The van der Waals surface area contributed by atoms with E-state index < -0.39 is 0 Å². The Morgan fingerprint density at radius 3 is 2.47 bits per heavy atom. The number of amidine groups is 1. The van der Waals surface area contributed by atoms with Gasteiger partial charge in [-0.05, 0) is 11.8 Å². The first-order valence-electron chi connectivity index (χ1n) is 5.47. The highest BCUT2D eigenvalue weighted by atomic mass is 15.2. The van der Waals surface area contributed by atoms with Gasteiger partial charge in [0.05, 0.1) is 0 Å². The normalized spacial score (nSPS) is 19.2. The molecule has 0 bridgehead atoms. The van der Waals surface area contributed by atoms with Crippen LogP contribution in [0.1, 0.15) is 25.8 Å². The quantitative estimate of drug-likeness (QED) is 0.550. The highest BCUT2D eigenvalue weighted by molar-refractivity contribution is 5.96. The van der Waals surface area contributed by atoms with Crippen molar-refractivity contribution in [3.05, 3.63) is 35.9 Å². The zero-order chi connectivity index (χ0) is 10.9. The predicted octanol–water partition coefficient (Wildman–Crippen LogP) is 2.74. The summed E-state index contributed by atoms with van der Waals surface area (Å²) in [6.45, 7) is 6.55. The molecule has 1 fully saturated rings.